The molecule has 0 bridgehead atoms. The van der Waals surface area contributed by atoms with Gasteiger partial charge in [0.25, 0.3) is 5.89 Å². The molecule has 0 amide bonds. The van der Waals surface area contributed by atoms with Crippen LogP contribution in [-0.4, -0.2) is 33.4 Å². The Morgan fingerprint density at radius 1 is 1.42 bits per heavy atom. The van der Waals surface area contributed by atoms with Crippen LogP contribution in [0.3, 0.4) is 0 Å². The normalized spacial score (nSPS) is 13.7. The van der Waals surface area contributed by atoms with Crippen LogP contribution in [0.5, 0.6) is 0 Å². The minimum Gasteiger partial charge on any atom is -0.383 e. The summed E-state index contributed by atoms with van der Waals surface area (Å²) >= 11 is 1.24. The first-order valence-electron chi connectivity index (χ1n) is 5.85. The molecule has 2 aromatic heterocycles. The number of nitrogens with zero attached hydrogens (tertiary/aromatic N) is 4. The smallest absolute Gasteiger partial charge is 0.271 e. The average Bonchev–Trinajstić information content (AvgIpc) is 2.97. The van der Waals surface area contributed by atoms with Gasteiger partial charge in [0.15, 0.2) is 5.82 Å². The summed E-state index contributed by atoms with van der Waals surface area (Å²) in [6, 6.07) is -0.401. The van der Waals surface area contributed by atoms with Gasteiger partial charge in [0.05, 0.1) is 18.3 Å². The molecule has 0 spiro atoms. The fourth-order valence-corrected chi connectivity index (χ4v) is 2.35. The van der Waals surface area contributed by atoms with Gasteiger partial charge in [0, 0.05) is 12.5 Å². The van der Waals surface area contributed by atoms with Crippen molar-refractivity contribution in [2.24, 2.45) is 5.73 Å². The van der Waals surface area contributed by atoms with E-state index in [2.05, 4.69) is 40.5 Å². The van der Waals surface area contributed by atoms with E-state index in [0.717, 1.165) is 10.6 Å². The van der Waals surface area contributed by atoms with Crippen molar-refractivity contribution in [3.8, 4) is 10.8 Å². The molecule has 0 radical (unpaired) electrons. The summed E-state index contributed by atoms with van der Waals surface area (Å²) in [6.07, 6.45) is 0. The van der Waals surface area contributed by atoms with E-state index < -0.39 is 6.04 Å². The fourth-order valence-electron chi connectivity index (χ4n) is 1.55. The molecule has 0 aliphatic carbocycles. The van der Waals surface area contributed by atoms with Gasteiger partial charge in [-0.05, 0) is 11.5 Å². The third-order valence-corrected chi connectivity index (χ3v) is 3.23. The van der Waals surface area contributed by atoms with Crippen LogP contribution in [0.1, 0.15) is 38.3 Å². The molecule has 8 heteroatoms. The molecule has 2 aromatic rings. The number of nitrogens with two attached hydrogens (primary N) is 1. The van der Waals surface area contributed by atoms with Gasteiger partial charge >= 0.3 is 0 Å². The molecule has 0 aliphatic rings. The third kappa shape index (κ3) is 2.96. The van der Waals surface area contributed by atoms with Crippen LogP contribution in [0.15, 0.2) is 4.52 Å². The highest BCUT2D eigenvalue weighted by atomic mass is 32.1. The Morgan fingerprint density at radius 2 is 2.16 bits per heavy atom. The van der Waals surface area contributed by atoms with Crippen LogP contribution in [0.25, 0.3) is 10.8 Å². The van der Waals surface area contributed by atoms with Crippen LogP contribution in [-0.2, 0) is 10.2 Å². The molecule has 0 saturated heterocycles. The second-order valence-electron chi connectivity index (χ2n) is 5.22. The number of hydrogen-bond acceptors (Lipinski definition) is 8. The predicted molar refractivity (Wildman–Crippen MR) is 70.7 cm³/mol. The van der Waals surface area contributed by atoms with Crippen LogP contribution >= 0.6 is 11.5 Å². The zero-order valence-corrected chi connectivity index (χ0v) is 12.2. The summed E-state index contributed by atoms with van der Waals surface area (Å²) < 4.78 is 14.2. The topological polar surface area (TPSA) is 100.0 Å². The van der Waals surface area contributed by atoms with Crippen LogP contribution in [0.2, 0.25) is 0 Å². The van der Waals surface area contributed by atoms with Gasteiger partial charge in [-0.1, -0.05) is 30.4 Å². The van der Waals surface area contributed by atoms with Gasteiger partial charge in [0.1, 0.15) is 4.88 Å². The Kier molecular flexibility index (Phi) is 3.93. The van der Waals surface area contributed by atoms with E-state index in [0.29, 0.717) is 18.3 Å². The van der Waals surface area contributed by atoms with E-state index in [1.54, 1.807) is 7.11 Å². The minimum atomic E-state index is -0.401. The lowest BCUT2D eigenvalue weighted by Gasteiger charge is -2.14. The zero-order valence-electron chi connectivity index (χ0n) is 11.4. The monoisotopic (exact) mass is 283 g/mol. The summed E-state index contributed by atoms with van der Waals surface area (Å²) in [4.78, 5) is 5.08. The van der Waals surface area contributed by atoms with Gasteiger partial charge in [0.2, 0.25) is 0 Å². The van der Waals surface area contributed by atoms with Gasteiger partial charge in [-0.3, -0.25) is 0 Å². The molecule has 0 aliphatic heterocycles. The first-order chi connectivity index (χ1) is 8.93. The number of aromatic nitrogens is 4. The number of hydrogen-bond donors (Lipinski definition) is 1. The summed E-state index contributed by atoms with van der Waals surface area (Å²) in [5, 5.41) is 8.01. The molecule has 0 fully saturated rings. The van der Waals surface area contributed by atoms with Crippen molar-refractivity contribution in [2.45, 2.75) is 32.2 Å². The molecule has 1 unspecified atom stereocenters. The average molecular weight is 283 g/mol. The van der Waals surface area contributed by atoms with E-state index in [1.165, 1.54) is 11.5 Å². The number of rotatable bonds is 4. The van der Waals surface area contributed by atoms with Gasteiger partial charge in [-0.2, -0.15) is 4.98 Å². The largest absolute Gasteiger partial charge is 0.383 e. The van der Waals surface area contributed by atoms with Crippen LogP contribution in [0.4, 0.5) is 0 Å². The van der Waals surface area contributed by atoms with Crippen molar-refractivity contribution in [3.05, 3.63) is 11.5 Å². The lowest BCUT2D eigenvalue weighted by atomic mass is 9.91. The number of ether oxygens (including phenoxy) is 1. The van der Waals surface area contributed by atoms with E-state index in [4.69, 9.17) is 15.0 Å². The summed E-state index contributed by atoms with van der Waals surface area (Å²) in [7, 11) is 1.58. The van der Waals surface area contributed by atoms with Crippen molar-refractivity contribution in [1.82, 2.24) is 19.7 Å². The van der Waals surface area contributed by atoms with Crippen molar-refractivity contribution in [2.75, 3.05) is 13.7 Å². The zero-order chi connectivity index (χ0) is 14.0. The molecule has 104 valence electrons. The van der Waals surface area contributed by atoms with E-state index in [1.807, 2.05) is 0 Å². The summed E-state index contributed by atoms with van der Waals surface area (Å²) in [6.45, 7) is 6.51. The first-order valence-corrected chi connectivity index (χ1v) is 6.62. The highest BCUT2D eigenvalue weighted by Gasteiger charge is 2.27. The van der Waals surface area contributed by atoms with Crippen molar-refractivity contribution in [1.29, 1.82) is 0 Å². The molecule has 1 atom stereocenters. The molecular weight excluding hydrogens is 266 g/mol. The van der Waals surface area contributed by atoms with E-state index in [9.17, 15) is 0 Å². The SMILES string of the molecule is COCC(N)c1noc(-c2snnc2C(C)(C)C)n1. The van der Waals surface area contributed by atoms with Gasteiger partial charge in [-0.15, -0.1) is 5.10 Å². The minimum absolute atomic E-state index is 0.133. The summed E-state index contributed by atoms with van der Waals surface area (Å²) in [5.74, 6) is 0.826. The predicted octanol–water partition coefficient (Wildman–Crippen LogP) is 1.53. The van der Waals surface area contributed by atoms with Gasteiger partial charge < -0.3 is 15.0 Å². The maximum atomic E-state index is 5.86. The molecule has 2 heterocycles. The second-order valence-corrected chi connectivity index (χ2v) is 5.97. The fraction of sp³-hybridized carbons (Fsp3) is 0.636. The highest BCUT2D eigenvalue weighted by molar-refractivity contribution is 7.09. The Bertz CT molecular complexity index is 545. The quantitative estimate of drug-likeness (QED) is 0.908. The lowest BCUT2D eigenvalue weighted by Crippen LogP contribution is -2.17. The Labute approximate surface area is 115 Å². The lowest BCUT2D eigenvalue weighted by molar-refractivity contribution is 0.177. The second kappa shape index (κ2) is 5.32. The summed E-state index contributed by atoms with van der Waals surface area (Å²) in [5.41, 5.74) is 6.57. The van der Waals surface area contributed by atoms with Crippen molar-refractivity contribution < 1.29 is 9.26 Å². The third-order valence-electron chi connectivity index (χ3n) is 2.51. The molecule has 2 rings (SSSR count). The molecular formula is C11H17N5O2S. The highest BCUT2D eigenvalue weighted by Crippen LogP contribution is 2.33. The Hall–Kier alpha value is -1.38. The number of methoxy groups -OCH3 is 1. The standard InChI is InChI=1S/C11H17N5O2S/c1-11(2,3)8-7(19-16-14-8)10-13-9(15-18-10)6(12)5-17-4/h6H,5,12H2,1-4H3. The molecule has 0 saturated carbocycles. The molecule has 2 N–H and O–H groups in total. The van der Waals surface area contributed by atoms with Crippen molar-refractivity contribution in [3.63, 3.8) is 0 Å². The van der Waals surface area contributed by atoms with E-state index in [-0.39, 0.29) is 5.41 Å². The molecule has 7 nitrogen and oxygen atoms in total. The Balaban J connectivity index is 2.31. The first kappa shape index (κ1) is 14.0. The van der Waals surface area contributed by atoms with E-state index >= 15 is 0 Å². The van der Waals surface area contributed by atoms with Crippen LogP contribution in [0, 0.1) is 0 Å². The maximum Gasteiger partial charge on any atom is 0.271 e. The van der Waals surface area contributed by atoms with Crippen LogP contribution < -0.4 is 5.73 Å². The van der Waals surface area contributed by atoms with Gasteiger partial charge in [-0.25, -0.2) is 0 Å². The molecule has 19 heavy (non-hydrogen) atoms. The van der Waals surface area contributed by atoms with Crippen molar-refractivity contribution >= 4 is 11.5 Å². The Morgan fingerprint density at radius 3 is 2.79 bits per heavy atom. The molecule has 0 aromatic carbocycles. The maximum absolute atomic E-state index is 5.86.